The monoisotopic (exact) mass is 177 g/mol. The van der Waals surface area contributed by atoms with Crippen molar-refractivity contribution >= 4 is 6.29 Å². The molecule has 0 N–H and O–H groups in total. The minimum absolute atomic E-state index is 0.480. The molecule has 0 radical (unpaired) electrons. The smallest absolute Gasteiger partial charge is 0.180 e. The first-order valence-corrected chi connectivity index (χ1v) is 3.73. The van der Waals surface area contributed by atoms with Gasteiger partial charge in [0.15, 0.2) is 12.7 Å². The summed E-state index contributed by atoms with van der Waals surface area (Å²) in [6.45, 7) is 0.480. The lowest BCUT2D eigenvalue weighted by molar-refractivity contribution is 0.111. The maximum Gasteiger partial charge on any atom is 0.180 e. The van der Waals surface area contributed by atoms with Gasteiger partial charge in [-0.15, -0.1) is 0 Å². The second-order valence-corrected chi connectivity index (χ2v) is 2.53. The zero-order valence-corrected chi connectivity index (χ0v) is 6.75. The fourth-order valence-corrected chi connectivity index (χ4v) is 1.05. The second kappa shape index (κ2) is 3.22. The molecule has 5 heteroatoms. The molecule has 2 heterocycles. The highest BCUT2D eigenvalue weighted by atomic mass is 16.3. The number of aldehydes is 1. The molecular weight excluding hydrogens is 170 g/mol. The molecule has 0 saturated heterocycles. The highest BCUT2D eigenvalue weighted by Gasteiger charge is 2.02. The number of nitrogens with zero attached hydrogens (tertiary/aromatic N) is 3. The van der Waals surface area contributed by atoms with Gasteiger partial charge in [-0.3, -0.25) is 4.79 Å². The van der Waals surface area contributed by atoms with Crippen molar-refractivity contribution in [2.75, 3.05) is 0 Å². The van der Waals surface area contributed by atoms with Crippen molar-refractivity contribution in [1.82, 2.24) is 14.5 Å². The topological polar surface area (TPSA) is 60.9 Å². The Kier molecular flexibility index (Phi) is 1.91. The van der Waals surface area contributed by atoms with Gasteiger partial charge in [0.1, 0.15) is 11.5 Å². The standard InChI is InChI=1S/C8H7N3O2/c12-4-7-1-9-5-11(7)3-8-2-10-6-13-8/h1-2,4-6H,3H2. The zero-order chi connectivity index (χ0) is 9.10. The summed E-state index contributed by atoms with van der Waals surface area (Å²) >= 11 is 0. The van der Waals surface area contributed by atoms with E-state index in [0.717, 1.165) is 6.29 Å². The Bertz CT molecular complexity index is 391. The van der Waals surface area contributed by atoms with Crippen LogP contribution in [0.15, 0.2) is 29.5 Å². The molecule has 0 aliphatic heterocycles. The zero-order valence-electron chi connectivity index (χ0n) is 6.75. The quantitative estimate of drug-likeness (QED) is 0.648. The third-order valence-electron chi connectivity index (χ3n) is 1.67. The van der Waals surface area contributed by atoms with Crippen molar-refractivity contribution in [1.29, 1.82) is 0 Å². The fraction of sp³-hybridized carbons (Fsp3) is 0.125. The van der Waals surface area contributed by atoms with Gasteiger partial charge in [-0.25, -0.2) is 9.97 Å². The van der Waals surface area contributed by atoms with E-state index >= 15 is 0 Å². The molecule has 0 bridgehead atoms. The molecule has 0 aliphatic rings. The number of rotatable bonds is 3. The van der Waals surface area contributed by atoms with Gasteiger partial charge in [0, 0.05) is 0 Å². The molecule has 2 rings (SSSR count). The molecular formula is C8H7N3O2. The predicted molar refractivity (Wildman–Crippen MR) is 43.2 cm³/mol. The Hall–Kier alpha value is -1.91. The number of imidazole rings is 1. The molecule has 0 unspecified atom stereocenters. The van der Waals surface area contributed by atoms with Gasteiger partial charge in [0.05, 0.1) is 25.3 Å². The van der Waals surface area contributed by atoms with Gasteiger partial charge in [-0.05, 0) is 0 Å². The molecule has 5 nitrogen and oxygen atoms in total. The number of oxazole rings is 1. The SMILES string of the molecule is O=Cc1cncn1Cc1cnco1. The lowest BCUT2D eigenvalue weighted by Gasteiger charge is -1.98. The number of aromatic nitrogens is 3. The van der Waals surface area contributed by atoms with Gasteiger partial charge < -0.3 is 8.98 Å². The Morgan fingerprint density at radius 2 is 2.38 bits per heavy atom. The summed E-state index contributed by atoms with van der Waals surface area (Å²) in [6.07, 6.45) is 6.79. The van der Waals surface area contributed by atoms with Gasteiger partial charge >= 0.3 is 0 Å². The first-order chi connectivity index (χ1) is 6.40. The Labute approximate surface area is 74.0 Å². The molecule has 13 heavy (non-hydrogen) atoms. The molecule has 2 aromatic heterocycles. The van der Waals surface area contributed by atoms with Crippen molar-refractivity contribution in [3.05, 3.63) is 36.6 Å². The molecule has 0 fully saturated rings. The summed E-state index contributed by atoms with van der Waals surface area (Å²) in [6, 6.07) is 0. The van der Waals surface area contributed by atoms with Crippen molar-refractivity contribution < 1.29 is 9.21 Å². The van der Waals surface area contributed by atoms with Gasteiger partial charge in [0.25, 0.3) is 0 Å². The molecule has 0 aliphatic carbocycles. The van der Waals surface area contributed by atoms with E-state index in [1.165, 1.54) is 12.6 Å². The lowest BCUT2D eigenvalue weighted by Crippen LogP contribution is -2.00. The van der Waals surface area contributed by atoms with E-state index in [9.17, 15) is 4.79 Å². The second-order valence-electron chi connectivity index (χ2n) is 2.53. The van der Waals surface area contributed by atoms with Crippen LogP contribution in [0.4, 0.5) is 0 Å². The van der Waals surface area contributed by atoms with Gasteiger partial charge in [0.2, 0.25) is 0 Å². The third kappa shape index (κ3) is 1.48. The fourth-order valence-electron chi connectivity index (χ4n) is 1.05. The molecule has 0 saturated carbocycles. The Balaban J connectivity index is 2.23. The van der Waals surface area contributed by atoms with Crippen LogP contribution in [0.5, 0.6) is 0 Å². The number of hydrogen-bond donors (Lipinski definition) is 0. The van der Waals surface area contributed by atoms with Crippen molar-refractivity contribution in [2.24, 2.45) is 0 Å². The summed E-state index contributed by atoms with van der Waals surface area (Å²) in [5.41, 5.74) is 0.524. The van der Waals surface area contributed by atoms with Crippen LogP contribution in [0.2, 0.25) is 0 Å². The van der Waals surface area contributed by atoms with Crippen molar-refractivity contribution in [2.45, 2.75) is 6.54 Å². The summed E-state index contributed by atoms with van der Waals surface area (Å²) in [5.74, 6) is 0.695. The van der Waals surface area contributed by atoms with E-state index in [2.05, 4.69) is 9.97 Å². The van der Waals surface area contributed by atoms with E-state index in [0.29, 0.717) is 18.0 Å². The van der Waals surface area contributed by atoms with E-state index in [1.807, 2.05) is 0 Å². The first kappa shape index (κ1) is 7.72. The minimum Gasteiger partial charge on any atom is -0.447 e. The summed E-state index contributed by atoms with van der Waals surface area (Å²) in [7, 11) is 0. The van der Waals surface area contributed by atoms with Crippen LogP contribution in [-0.4, -0.2) is 20.8 Å². The third-order valence-corrected chi connectivity index (χ3v) is 1.67. The van der Waals surface area contributed by atoms with E-state index in [1.54, 1.807) is 17.1 Å². The average Bonchev–Trinajstić information content (AvgIpc) is 2.76. The molecule has 0 spiro atoms. The number of carbonyl (C=O) groups excluding carboxylic acids is 1. The van der Waals surface area contributed by atoms with Crippen molar-refractivity contribution in [3.63, 3.8) is 0 Å². The maximum absolute atomic E-state index is 10.5. The van der Waals surface area contributed by atoms with Crippen molar-refractivity contribution in [3.8, 4) is 0 Å². The lowest BCUT2D eigenvalue weighted by atomic mass is 10.4. The number of carbonyl (C=O) groups is 1. The molecule has 0 atom stereocenters. The molecule has 0 amide bonds. The average molecular weight is 177 g/mol. The maximum atomic E-state index is 10.5. The van der Waals surface area contributed by atoms with Crippen LogP contribution in [0, 0.1) is 0 Å². The highest BCUT2D eigenvalue weighted by Crippen LogP contribution is 2.03. The first-order valence-electron chi connectivity index (χ1n) is 3.73. The van der Waals surface area contributed by atoms with Crippen LogP contribution in [0.1, 0.15) is 16.2 Å². The van der Waals surface area contributed by atoms with Crippen LogP contribution < -0.4 is 0 Å². The predicted octanol–water partition coefficient (Wildman–Crippen LogP) is 0.732. The van der Waals surface area contributed by atoms with E-state index in [-0.39, 0.29) is 0 Å². The van der Waals surface area contributed by atoms with E-state index < -0.39 is 0 Å². The molecule has 66 valence electrons. The number of hydrogen-bond acceptors (Lipinski definition) is 4. The van der Waals surface area contributed by atoms with Gasteiger partial charge in [-0.2, -0.15) is 0 Å². The van der Waals surface area contributed by atoms with Crippen LogP contribution >= 0.6 is 0 Å². The summed E-state index contributed by atoms with van der Waals surface area (Å²) < 4.78 is 6.72. The Morgan fingerprint density at radius 3 is 3.08 bits per heavy atom. The van der Waals surface area contributed by atoms with Crippen LogP contribution in [0.3, 0.4) is 0 Å². The van der Waals surface area contributed by atoms with E-state index in [4.69, 9.17) is 4.42 Å². The normalized spacial score (nSPS) is 10.2. The largest absolute Gasteiger partial charge is 0.447 e. The van der Waals surface area contributed by atoms with Crippen LogP contribution in [-0.2, 0) is 6.54 Å². The van der Waals surface area contributed by atoms with Crippen LogP contribution in [0.25, 0.3) is 0 Å². The molecule has 2 aromatic rings. The Morgan fingerprint density at radius 1 is 1.46 bits per heavy atom. The summed E-state index contributed by atoms with van der Waals surface area (Å²) in [4.78, 5) is 18.1. The molecule has 0 aromatic carbocycles. The minimum atomic E-state index is 0.480. The summed E-state index contributed by atoms with van der Waals surface area (Å²) in [5, 5.41) is 0. The highest BCUT2D eigenvalue weighted by molar-refractivity contribution is 5.71. The van der Waals surface area contributed by atoms with Gasteiger partial charge in [-0.1, -0.05) is 0 Å².